The maximum Gasteiger partial charge on any atom is 0.411 e. The van der Waals surface area contributed by atoms with Gasteiger partial charge in [0.15, 0.2) is 8.32 Å². The lowest BCUT2D eigenvalue weighted by atomic mass is 10.0. The van der Waals surface area contributed by atoms with Gasteiger partial charge in [-0.2, -0.15) is 0 Å². The molecule has 1 aromatic rings. The highest BCUT2D eigenvalue weighted by Crippen LogP contribution is 2.55. The molecular formula is C34H58N2O5Si2. The standard InChI is InChI=1S/C34H58N2O5Si2/c1-14-17-39-32(38)35-29-19-30(41-43(23(2)3,24(4)5)25(6)7)26(8)18-28(29)31(37)36-22-34(15-16-34)20-27(36)21-40-42(12,13)33(9,10)11/h14,18-19,23-25,27H,1,15-17,20-22H2,2-13H3,(H,35,38)/t27-/m0/s1. The van der Waals surface area contributed by atoms with Crippen molar-refractivity contribution in [2.75, 3.05) is 25.1 Å². The minimum atomic E-state index is -2.29. The molecule has 1 aliphatic carbocycles. The molecule has 1 aromatic carbocycles. The number of nitrogens with one attached hydrogen (secondary N) is 1. The Morgan fingerprint density at radius 1 is 1.09 bits per heavy atom. The molecule has 1 saturated carbocycles. The van der Waals surface area contributed by atoms with Gasteiger partial charge in [-0.15, -0.1) is 0 Å². The Morgan fingerprint density at radius 2 is 1.67 bits per heavy atom. The molecule has 1 aliphatic heterocycles. The molecular weight excluding hydrogens is 573 g/mol. The zero-order valence-electron chi connectivity index (χ0n) is 29.0. The van der Waals surface area contributed by atoms with Gasteiger partial charge in [-0.05, 0) is 78.0 Å². The van der Waals surface area contributed by atoms with Crippen molar-refractivity contribution in [3.63, 3.8) is 0 Å². The van der Waals surface area contributed by atoms with Crippen molar-refractivity contribution in [1.82, 2.24) is 4.90 Å². The minimum Gasteiger partial charge on any atom is -0.542 e. The highest BCUT2D eigenvalue weighted by molar-refractivity contribution is 6.78. The number of amides is 2. The molecule has 7 nitrogen and oxygen atoms in total. The molecule has 2 amide bonds. The lowest BCUT2D eigenvalue weighted by Crippen LogP contribution is -2.50. The van der Waals surface area contributed by atoms with Crippen molar-refractivity contribution >= 4 is 34.3 Å². The van der Waals surface area contributed by atoms with Crippen LogP contribution >= 0.6 is 0 Å². The third-order valence-electron chi connectivity index (χ3n) is 10.4. The van der Waals surface area contributed by atoms with Crippen molar-refractivity contribution in [3.8, 4) is 5.75 Å². The van der Waals surface area contributed by atoms with Crippen LogP contribution in [-0.2, 0) is 9.16 Å². The molecule has 0 radical (unpaired) electrons. The maximum absolute atomic E-state index is 14.4. The third kappa shape index (κ3) is 7.59. The van der Waals surface area contributed by atoms with Gasteiger partial charge in [-0.1, -0.05) is 75.0 Å². The number of likely N-dealkylation sites (tertiary alicyclic amines) is 1. The maximum atomic E-state index is 14.4. The van der Waals surface area contributed by atoms with Gasteiger partial charge in [0.2, 0.25) is 0 Å². The van der Waals surface area contributed by atoms with E-state index < -0.39 is 22.7 Å². The van der Waals surface area contributed by atoms with Crippen LogP contribution in [0.2, 0.25) is 34.8 Å². The molecule has 1 N–H and O–H groups in total. The van der Waals surface area contributed by atoms with E-state index in [0.717, 1.165) is 37.1 Å². The molecule has 9 heteroatoms. The van der Waals surface area contributed by atoms with Crippen molar-refractivity contribution in [3.05, 3.63) is 35.9 Å². The van der Waals surface area contributed by atoms with E-state index in [4.69, 9.17) is 13.6 Å². The van der Waals surface area contributed by atoms with E-state index in [-0.39, 0.29) is 29.0 Å². The van der Waals surface area contributed by atoms with Gasteiger partial charge < -0.3 is 18.5 Å². The van der Waals surface area contributed by atoms with Gasteiger partial charge in [0, 0.05) is 12.6 Å². The van der Waals surface area contributed by atoms with Gasteiger partial charge in [0.05, 0.1) is 23.9 Å². The van der Waals surface area contributed by atoms with Gasteiger partial charge in [0.25, 0.3) is 14.2 Å². The SMILES string of the molecule is C=CCOC(=O)Nc1cc(O[Si](C(C)C)(C(C)C)C(C)C)c(C)cc1C(=O)N1CC2(CC2)C[C@H]1CO[Si](C)(C)C(C)(C)C. The first kappa shape index (κ1) is 35.4. The quantitative estimate of drug-likeness (QED) is 0.184. The van der Waals surface area contributed by atoms with E-state index in [1.165, 1.54) is 6.08 Å². The number of aryl methyl sites for hydroxylation is 1. The summed E-state index contributed by atoms with van der Waals surface area (Å²) in [5.74, 6) is 0.637. The highest BCUT2D eigenvalue weighted by atomic mass is 28.4. The third-order valence-corrected chi connectivity index (χ3v) is 20.9. The average Bonchev–Trinajstić information content (AvgIpc) is 3.55. The van der Waals surface area contributed by atoms with Crippen LogP contribution in [-0.4, -0.2) is 59.3 Å². The Bertz CT molecular complexity index is 1160. The second kappa shape index (κ2) is 13.1. The van der Waals surface area contributed by atoms with Crippen LogP contribution < -0.4 is 9.74 Å². The summed E-state index contributed by atoms with van der Waals surface area (Å²) in [5, 5.41) is 2.96. The van der Waals surface area contributed by atoms with E-state index >= 15 is 0 Å². The smallest absolute Gasteiger partial charge is 0.411 e. The molecule has 1 spiro atoms. The second-order valence-electron chi connectivity index (χ2n) is 15.5. The largest absolute Gasteiger partial charge is 0.542 e. The van der Waals surface area contributed by atoms with Gasteiger partial charge in [0.1, 0.15) is 12.4 Å². The van der Waals surface area contributed by atoms with Crippen LogP contribution in [0.1, 0.15) is 97.5 Å². The predicted octanol–water partition coefficient (Wildman–Crippen LogP) is 9.30. The van der Waals surface area contributed by atoms with Crippen molar-refractivity contribution in [1.29, 1.82) is 0 Å². The Hall–Kier alpha value is -2.11. The van der Waals surface area contributed by atoms with Gasteiger partial charge in [-0.3, -0.25) is 10.1 Å². The number of carbonyl (C=O) groups is 2. The fourth-order valence-corrected chi connectivity index (χ4v) is 13.0. The van der Waals surface area contributed by atoms with Crippen LogP contribution in [0.5, 0.6) is 5.75 Å². The second-order valence-corrected chi connectivity index (χ2v) is 25.6. The van der Waals surface area contributed by atoms with E-state index in [2.05, 4.69) is 87.3 Å². The lowest BCUT2D eigenvalue weighted by Gasteiger charge is -2.42. The molecule has 1 saturated heterocycles. The molecule has 0 aromatic heterocycles. The van der Waals surface area contributed by atoms with Crippen LogP contribution in [0.3, 0.4) is 0 Å². The normalized spacial score (nSPS) is 18.5. The fourth-order valence-electron chi connectivity index (χ4n) is 6.67. The Kier molecular flexibility index (Phi) is 10.8. The first-order chi connectivity index (χ1) is 19.8. The summed E-state index contributed by atoms with van der Waals surface area (Å²) in [6.45, 7) is 31.7. The first-order valence-electron chi connectivity index (χ1n) is 16.1. The fraction of sp³-hybridized carbons (Fsp3) is 0.706. The molecule has 1 atom stereocenters. The van der Waals surface area contributed by atoms with E-state index in [1.54, 1.807) is 0 Å². The molecule has 242 valence electrons. The Balaban J connectivity index is 2.02. The van der Waals surface area contributed by atoms with Gasteiger partial charge in [-0.25, -0.2) is 4.79 Å². The zero-order chi connectivity index (χ0) is 32.5. The minimum absolute atomic E-state index is 0.00352. The molecule has 1 heterocycles. The topological polar surface area (TPSA) is 77.1 Å². The van der Waals surface area contributed by atoms with E-state index in [1.807, 2.05) is 24.0 Å². The molecule has 2 aliphatic rings. The number of hydrogen-bond acceptors (Lipinski definition) is 5. The molecule has 43 heavy (non-hydrogen) atoms. The highest BCUT2D eigenvalue weighted by Gasteiger charge is 2.54. The summed E-state index contributed by atoms with van der Waals surface area (Å²) < 4.78 is 19.0. The molecule has 0 unspecified atom stereocenters. The predicted molar refractivity (Wildman–Crippen MR) is 182 cm³/mol. The zero-order valence-corrected chi connectivity index (χ0v) is 31.0. The number of carbonyl (C=O) groups excluding carboxylic acids is 2. The van der Waals surface area contributed by atoms with Crippen molar-refractivity contribution < 1.29 is 23.2 Å². The summed E-state index contributed by atoms with van der Waals surface area (Å²) in [4.78, 5) is 29.2. The summed E-state index contributed by atoms with van der Waals surface area (Å²) in [6.07, 6.45) is 4.15. The molecule has 3 rings (SSSR count). The number of rotatable bonds is 12. The first-order valence-corrected chi connectivity index (χ1v) is 21.2. The number of benzene rings is 1. The number of anilines is 1. The summed E-state index contributed by atoms with van der Waals surface area (Å²) in [5.41, 5.74) is 3.10. The molecule has 2 fully saturated rings. The van der Waals surface area contributed by atoms with E-state index in [0.29, 0.717) is 34.5 Å². The van der Waals surface area contributed by atoms with Crippen LogP contribution in [0.25, 0.3) is 0 Å². The summed E-state index contributed by atoms with van der Waals surface area (Å²) in [6, 6.07) is 3.74. The average molecular weight is 631 g/mol. The van der Waals surface area contributed by atoms with E-state index in [9.17, 15) is 9.59 Å². The van der Waals surface area contributed by atoms with Crippen LogP contribution in [0.15, 0.2) is 24.8 Å². The Morgan fingerprint density at radius 3 is 2.16 bits per heavy atom. The lowest BCUT2D eigenvalue weighted by molar-refractivity contribution is 0.0681. The van der Waals surface area contributed by atoms with Crippen LogP contribution in [0.4, 0.5) is 10.5 Å². The van der Waals surface area contributed by atoms with Gasteiger partial charge >= 0.3 is 6.09 Å². The summed E-state index contributed by atoms with van der Waals surface area (Å²) in [7, 11) is -4.27. The number of ether oxygens (including phenoxy) is 1. The number of hydrogen-bond donors (Lipinski definition) is 1. The summed E-state index contributed by atoms with van der Waals surface area (Å²) >= 11 is 0. The Labute approximate surface area is 263 Å². The van der Waals surface area contributed by atoms with Crippen LogP contribution in [0, 0.1) is 12.3 Å². The van der Waals surface area contributed by atoms with Crippen molar-refractivity contribution in [2.45, 2.75) is 129 Å². The monoisotopic (exact) mass is 630 g/mol. The van der Waals surface area contributed by atoms with Crippen molar-refractivity contribution in [2.24, 2.45) is 5.41 Å². The molecule has 0 bridgehead atoms. The number of nitrogens with zero attached hydrogens (tertiary/aromatic N) is 1.